The highest BCUT2D eigenvalue weighted by Gasteiger charge is 2.28. The number of benzene rings is 1. The van der Waals surface area contributed by atoms with E-state index in [-0.39, 0.29) is 11.9 Å². The summed E-state index contributed by atoms with van der Waals surface area (Å²) in [5.74, 6) is 2.32. The Hall–Kier alpha value is -1.46. The van der Waals surface area contributed by atoms with E-state index in [1.807, 2.05) is 42.2 Å². The molecule has 0 spiro atoms. The molecule has 1 aliphatic heterocycles. The Bertz CT molecular complexity index is 652. The molecule has 1 aliphatic rings. The first-order chi connectivity index (χ1) is 10.7. The third-order valence-electron chi connectivity index (χ3n) is 4.10. The molecular weight excluding hydrogens is 294 g/mol. The van der Waals surface area contributed by atoms with Gasteiger partial charge in [-0.2, -0.15) is 11.8 Å². The minimum Gasteiger partial charge on any atom is -0.360 e. The monoisotopic (exact) mass is 317 g/mol. The lowest BCUT2D eigenvalue weighted by Crippen LogP contribution is -2.46. The minimum atomic E-state index is 0.159. The lowest BCUT2D eigenvalue weighted by molar-refractivity contribution is 0.0677. The summed E-state index contributed by atoms with van der Waals surface area (Å²) in [6, 6.07) is 8.30. The Morgan fingerprint density at radius 1 is 1.41 bits per heavy atom. The van der Waals surface area contributed by atoms with E-state index >= 15 is 0 Å². The van der Waals surface area contributed by atoms with Crippen LogP contribution in [0.3, 0.4) is 0 Å². The molecule has 1 aromatic heterocycles. The minimum absolute atomic E-state index is 0.159. The summed E-state index contributed by atoms with van der Waals surface area (Å²) < 4.78 is 0. The highest BCUT2D eigenvalue weighted by Crippen LogP contribution is 2.23. The fourth-order valence-electron chi connectivity index (χ4n) is 3.07. The maximum Gasteiger partial charge on any atom is 0.256 e. The van der Waals surface area contributed by atoms with Crippen molar-refractivity contribution in [2.45, 2.75) is 12.5 Å². The van der Waals surface area contributed by atoms with Gasteiger partial charge in [0, 0.05) is 35.9 Å². The van der Waals surface area contributed by atoms with Gasteiger partial charge in [0.25, 0.3) is 5.91 Å². The molecule has 1 fully saturated rings. The lowest BCUT2D eigenvalue weighted by atomic mass is 10.1. The van der Waals surface area contributed by atoms with E-state index in [1.165, 1.54) is 0 Å². The zero-order valence-corrected chi connectivity index (χ0v) is 14.0. The molecule has 1 unspecified atom stereocenters. The van der Waals surface area contributed by atoms with E-state index in [1.54, 1.807) is 0 Å². The summed E-state index contributed by atoms with van der Waals surface area (Å²) in [4.78, 5) is 20.6. The molecule has 2 heterocycles. The maximum absolute atomic E-state index is 13.1. The normalized spacial score (nSPS) is 19.6. The third-order valence-corrected chi connectivity index (χ3v) is 5.29. The van der Waals surface area contributed by atoms with Crippen LogP contribution in [-0.4, -0.2) is 65.4 Å². The predicted octanol–water partition coefficient (Wildman–Crippen LogP) is 2.68. The fourth-order valence-corrected chi connectivity index (χ4v) is 4.13. The van der Waals surface area contributed by atoms with Crippen molar-refractivity contribution in [3.05, 3.63) is 36.0 Å². The second kappa shape index (κ2) is 6.75. The molecule has 0 saturated carbocycles. The van der Waals surface area contributed by atoms with Crippen LogP contribution in [-0.2, 0) is 0 Å². The van der Waals surface area contributed by atoms with Crippen LogP contribution < -0.4 is 0 Å². The smallest absolute Gasteiger partial charge is 0.256 e. The molecule has 1 saturated heterocycles. The van der Waals surface area contributed by atoms with Crippen LogP contribution in [0.4, 0.5) is 0 Å². The molecule has 0 aliphatic carbocycles. The molecule has 1 aromatic carbocycles. The molecular formula is C17H23N3OS. The van der Waals surface area contributed by atoms with Gasteiger partial charge in [-0.25, -0.2) is 0 Å². The molecule has 1 N–H and O–H groups in total. The van der Waals surface area contributed by atoms with Gasteiger partial charge in [-0.3, -0.25) is 4.79 Å². The number of H-pyrrole nitrogens is 1. The number of hydrogen-bond donors (Lipinski definition) is 1. The number of carbonyl (C=O) groups excluding carboxylic acids is 1. The van der Waals surface area contributed by atoms with E-state index in [0.29, 0.717) is 0 Å². The number of fused-ring (bicyclic) bond motifs is 1. The SMILES string of the molecule is CN(C)CC1CSCCCN1C(=O)c1c[nH]c2ccccc12. The van der Waals surface area contributed by atoms with Crippen molar-refractivity contribution >= 4 is 28.6 Å². The molecule has 0 bridgehead atoms. The van der Waals surface area contributed by atoms with Crippen LogP contribution in [0.5, 0.6) is 0 Å². The van der Waals surface area contributed by atoms with Gasteiger partial charge < -0.3 is 14.8 Å². The number of carbonyl (C=O) groups is 1. The van der Waals surface area contributed by atoms with E-state index in [0.717, 1.165) is 47.5 Å². The highest BCUT2D eigenvalue weighted by atomic mass is 32.2. The molecule has 3 rings (SSSR count). The van der Waals surface area contributed by atoms with E-state index in [4.69, 9.17) is 0 Å². The molecule has 118 valence electrons. The molecule has 5 heteroatoms. The van der Waals surface area contributed by atoms with E-state index in [2.05, 4.69) is 28.9 Å². The third kappa shape index (κ3) is 3.15. The van der Waals surface area contributed by atoms with Crippen LogP contribution in [0.15, 0.2) is 30.5 Å². The molecule has 0 radical (unpaired) electrons. The van der Waals surface area contributed by atoms with Gasteiger partial charge >= 0.3 is 0 Å². The van der Waals surface area contributed by atoms with Gasteiger partial charge in [0.05, 0.1) is 11.6 Å². The zero-order chi connectivity index (χ0) is 15.5. The quantitative estimate of drug-likeness (QED) is 0.946. The van der Waals surface area contributed by atoms with Crippen molar-refractivity contribution in [1.29, 1.82) is 0 Å². The average Bonchev–Trinajstić information content (AvgIpc) is 2.80. The second-order valence-corrected chi connectivity index (χ2v) is 7.24. The zero-order valence-electron chi connectivity index (χ0n) is 13.2. The Balaban J connectivity index is 1.90. The van der Waals surface area contributed by atoms with Gasteiger partial charge in [-0.05, 0) is 32.3 Å². The Morgan fingerprint density at radius 3 is 3.05 bits per heavy atom. The summed E-state index contributed by atoms with van der Waals surface area (Å²) in [6.45, 7) is 1.77. The van der Waals surface area contributed by atoms with Gasteiger partial charge in [0.2, 0.25) is 0 Å². The lowest BCUT2D eigenvalue weighted by Gasteiger charge is -2.31. The van der Waals surface area contributed by atoms with Crippen molar-refractivity contribution in [1.82, 2.24) is 14.8 Å². The molecule has 22 heavy (non-hydrogen) atoms. The summed E-state index contributed by atoms with van der Waals surface area (Å²) in [5.41, 5.74) is 1.82. The first-order valence-electron chi connectivity index (χ1n) is 7.76. The van der Waals surface area contributed by atoms with Crippen molar-refractivity contribution in [3.63, 3.8) is 0 Å². The average molecular weight is 317 g/mol. The van der Waals surface area contributed by atoms with Crippen LogP contribution in [0.1, 0.15) is 16.8 Å². The number of nitrogens with one attached hydrogen (secondary N) is 1. The van der Waals surface area contributed by atoms with Gasteiger partial charge in [-0.1, -0.05) is 18.2 Å². The van der Waals surface area contributed by atoms with Crippen LogP contribution in [0.2, 0.25) is 0 Å². The highest BCUT2D eigenvalue weighted by molar-refractivity contribution is 7.99. The Kier molecular flexibility index (Phi) is 4.74. The standard InChI is InChI=1S/C17H23N3OS/c1-19(2)11-13-12-22-9-5-8-20(13)17(21)15-10-18-16-7-4-3-6-14(15)16/h3-4,6-7,10,13,18H,5,8-9,11-12H2,1-2H3. The molecule has 1 atom stereocenters. The van der Waals surface area contributed by atoms with E-state index in [9.17, 15) is 4.79 Å². The number of aromatic amines is 1. The second-order valence-electron chi connectivity index (χ2n) is 6.09. The Labute approximate surface area is 135 Å². The largest absolute Gasteiger partial charge is 0.360 e. The van der Waals surface area contributed by atoms with Crippen molar-refractivity contribution < 1.29 is 4.79 Å². The number of para-hydroxylation sites is 1. The first kappa shape index (κ1) is 15.4. The Morgan fingerprint density at radius 2 is 2.23 bits per heavy atom. The summed E-state index contributed by atoms with van der Waals surface area (Å²) in [6.07, 6.45) is 2.93. The molecule has 4 nitrogen and oxygen atoms in total. The summed E-state index contributed by atoms with van der Waals surface area (Å²) in [5, 5.41) is 1.02. The topological polar surface area (TPSA) is 39.3 Å². The van der Waals surface area contributed by atoms with Gasteiger partial charge in [-0.15, -0.1) is 0 Å². The maximum atomic E-state index is 13.1. The number of rotatable bonds is 3. The summed E-state index contributed by atoms with van der Waals surface area (Å²) in [7, 11) is 4.15. The number of likely N-dealkylation sites (N-methyl/N-ethyl adjacent to an activating group) is 1. The number of amides is 1. The van der Waals surface area contributed by atoms with Crippen LogP contribution in [0, 0.1) is 0 Å². The van der Waals surface area contributed by atoms with Crippen LogP contribution in [0.25, 0.3) is 10.9 Å². The van der Waals surface area contributed by atoms with Gasteiger partial charge in [0.15, 0.2) is 0 Å². The first-order valence-corrected chi connectivity index (χ1v) is 8.92. The number of nitrogens with zero attached hydrogens (tertiary/aromatic N) is 2. The van der Waals surface area contributed by atoms with Crippen LogP contribution >= 0.6 is 11.8 Å². The molecule has 1 amide bonds. The summed E-state index contributed by atoms with van der Waals surface area (Å²) >= 11 is 1.96. The predicted molar refractivity (Wildman–Crippen MR) is 93.6 cm³/mol. The fraction of sp³-hybridized carbons (Fsp3) is 0.471. The number of thioether (sulfide) groups is 1. The van der Waals surface area contributed by atoms with Crippen molar-refractivity contribution in [2.75, 3.05) is 38.7 Å². The van der Waals surface area contributed by atoms with E-state index < -0.39 is 0 Å². The van der Waals surface area contributed by atoms with Gasteiger partial charge in [0.1, 0.15) is 0 Å². The number of aromatic nitrogens is 1. The number of hydrogen-bond acceptors (Lipinski definition) is 3. The van der Waals surface area contributed by atoms with Crippen molar-refractivity contribution in [3.8, 4) is 0 Å². The van der Waals surface area contributed by atoms with Crippen molar-refractivity contribution in [2.24, 2.45) is 0 Å². The molecule has 2 aromatic rings.